The molecule has 4 heterocycles. The molecule has 5 rings (SSSR count). The highest BCUT2D eigenvalue weighted by Crippen LogP contribution is 2.42. The molecule has 0 amide bonds. The van der Waals surface area contributed by atoms with Gasteiger partial charge >= 0.3 is 0 Å². The fraction of sp³-hybridized carbons (Fsp3) is 0.368. The third kappa shape index (κ3) is 3.42. The molecule has 0 aromatic carbocycles. The van der Waals surface area contributed by atoms with Crippen molar-refractivity contribution in [1.29, 1.82) is 0 Å². The van der Waals surface area contributed by atoms with Gasteiger partial charge in [-0.2, -0.15) is 0 Å². The van der Waals surface area contributed by atoms with Gasteiger partial charge in [-0.15, -0.1) is 43.1 Å². The Kier molecular flexibility index (Phi) is 4.82. The van der Waals surface area contributed by atoms with Crippen molar-refractivity contribution in [2.24, 2.45) is 0 Å². The molecule has 6 nitrogen and oxygen atoms in total. The maximum Gasteiger partial charge on any atom is 0.257 e. The molecular weight excluding hydrogens is 410 g/mol. The average molecular weight is 430 g/mol. The van der Waals surface area contributed by atoms with Crippen molar-refractivity contribution < 1.29 is 4.42 Å². The molecule has 0 radical (unpaired) electrons. The molecular formula is C19H19N5OS3. The third-order valence-corrected chi connectivity index (χ3v) is 7.83. The van der Waals surface area contributed by atoms with E-state index in [4.69, 9.17) is 4.42 Å². The number of hydrogen-bond donors (Lipinski definition) is 0. The fourth-order valence-corrected chi connectivity index (χ4v) is 5.71. The van der Waals surface area contributed by atoms with Crippen LogP contribution in [0.15, 0.2) is 33.2 Å². The first-order chi connectivity index (χ1) is 13.7. The molecule has 1 aliphatic carbocycles. The van der Waals surface area contributed by atoms with E-state index in [1.54, 1.807) is 34.4 Å². The SMILES string of the molecule is CCc1sc(-c2nnc(CSc3nnc(-c4cccs4)n3C3CC3)o2)cc1C. The van der Waals surface area contributed by atoms with E-state index in [9.17, 15) is 0 Å². The van der Waals surface area contributed by atoms with Gasteiger partial charge in [-0.05, 0) is 49.3 Å². The van der Waals surface area contributed by atoms with Crippen molar-refractivity contribution in [2.75, 3.05) is 0 Å². The number of thioether (sulfide) groups is 1. The zero-order valence-corrected chi connectivity index (χ0v) is 18.0. The second-order valence-corrected chi connectivity index (χ2v) is 9.77. The van der Waals surface area contributed by atoms with Gasteiger partial charge in [0, 0.05) is 10.9 Å². The van der Waals surface area contributed by atoms with Gasteiger partial charge in [0.15, 0.2) is 11.0 Å². The molecule has 0 saturated heterocycles. The highest BCUT2D eigenvalue weighted by atomic mass is 32.2. The van der Waals surface area contributed by atoms with Crippen LogP contribution in [0.4, 0.5) is 0 Å². The smallest absolute Gasteiger partial charge is 0.257 e. The van der Waals surface area contributed by atoms with Crippen LogP contribution in [0.3, 0.4) is 0 Å². The predicted octanol–water partition coefficient (Wildman–Crippen LogP) is 5.62. The van der Waals surface area contributed by atoms with E-state index in [2.05, 4.69) is 62.4 Å². The number of aryl methyl sites for hydroxylation is 2. The minimum atomic E-state index is 0.509. The lowest BCUT2D eigenvalue weighted by Crippen LogP contribution is -1.99. The summed E-state index contributed by atoms with van der Waals surface area (Å²) < 4.78 is 8.18. The van der Waals surface area contributed by atoms with Gasteiger partial charge in [-0.25, -0.2) is 0 Å². The monoisotopic (exact) mass is 429 g/mol. The Morgan fingerprint density at radius 2 is 2.11 bits per heavy atom. The van der Waals surface area contributed by atoms with Gasteiger partial charge in [0.05, 0.1) is 15.5 Å². The molecule has 4 aromatic heterocycles. The summed E-state index contributed by atoms with van der Waals surface area (Å²) in [6, 6.07) is 6.79. The maximum absolute atomic E-state index is 5.91. The van der Waals surface area contributed by atoms with Gasteiger partial charge in [0.25, 0.3) is 5.89 Å². The molecule has 4 aromatic rings. The van der Waals surface area contributed by atoms with Crippen LogP contribution in [0.2, 0.25) is 0 Å². The minimum Gasteiger partial charge on any atom is -0.419 e. The third-order valence-electron chi connectivity index (χ3n) is 4.66. The molecule has 9 heteroatoms. The Morgan fingerprint density at radius 1 is 1.21 bits per heavy atom. The van der Waals surface area contributed by atoms with Gasteiger partial charge in [-0.3, -0.25) is 4.57 Å². The summed E-state index contributed by atoms with van der Waals surface area (Å²) in [5, 5.41) is 20.3. The summed E-state index contributed by atoms with van der Waals surface area (Å²) in [6.07, 6.45) is 3.40. The van der Waals surface area contributed by atoms with E-state index >= 15 is 0 Å². The van der Waals surface area contributed by atoms with E-state index in [1.807, 2.05) is 0 Å². The molecule has 0 aliphatic heterocycles. The number of aromatic nitrogens is 5. The Balaban J connectivity index is 1.34. The van der Waals surface area contributed by atoms with Crippen molar-refractivity contribution >= 4 is 34.4 Å². The predicted molar refractivity (Wildman–Crippen MR) is 113 cm³/mol. The zero-order valence-electron chi connectivity index (χ0n) is 15.6. The summed E-state index contributed by atoms with van der Waals surface area (Å²) in [6.45, 7) is 4.29. The lowest BCUT2D eigenvalue weighted by Gasteiger charge is -2.06. The minimum absolute atomic E-state index is 0.509. The maximum atomic E-state index is 5.91. The summed E-state index contributed by atoms with van der Waals surface area (Å²) >= 11 is 5.03. The Morgan fingerprint density at radius 3 is 2.82 bits per heavy atom. The Labute approximate surface area is 175 Å². The van der Waals surface area contributed by atoms with Crippen LogP contribution in [0.1, 0.15) is 42.1 Å². The lowest BCUT2D eigenvalue weighted by atomic mass is 10.2. The lowest BCUT2D eigenvalue weighted by molar-refractivity contribution is 0.529. The van der Waals surface area contributed by atoms with Crippen LogP contribution in [0, 0.1) is 6.92 Å². The summed E-state index contributed by atoms with van der Waals surface area (Å²) in [5.41, 5.74) is 1.29. The average Bonchev–Trinajstić information content (AvgIpc) is 3.15. The van der Waals surface area contributed by atoms with Crippen molar-refractivity contribution in [3.63, 3.8) is 0 Å². The molecule has 0 unspecified atom stereocenters. The first-order valence-corrected chi connectivity index (χ1v) is 11.9. The summed E-state index contributed by atoms with van der Waals surface area (Å²) in [7, 11) is 0. The van der Waals surface area contributed by atoms with Gasteiger partial charge in [0.2, 0.25) is 5.89 Å². The standard InChI is InChI=1S/C19H19N5OS3/c1-3-13-11(2)9-15(28-13)18-22-20-16(25-18)10-27-19-23-21-17(14-5-4-8-26-14)24(19)12-6-7-12/h4-5,8-9,12H,3,6-7,10H2,1-2H3. The summed E-state index contributed by atoms with van der Waals surface area (Å²) in [5.74, 6) is 2.78. The van der Waals surface area contributed by atoms with Crippen molar-refractivity contribution in [3.8, 4) is 21.5 Å². The van der Waals surface area contributed by atoms with Crippen molar-refractivity contribution in [1.82, 2.24) is 25.0 Å². The normalized spacial score (nSPS) is 14.1. The molecule has 0 bridgehead atoms. The van der Waals surface area contributed by atoms with E-state index < -0.39 is 0 Å². The van der Waals surface area contributed by atoms with Crippen LogP contribution < -0.4 is 0 Å². The quantitative estimate of drug-likeness (QED) is 0.355. The molecule has 0 N–H and O–H groups in total. The van der Waals surface area contributed by atoms with Crippen LogP contribution in [-0.4, -0.2) is 25.0 Å². The van der Waals surface area contributed by atoms with E-state index in [1.165, 1.54) is 23.3 Å². The van der Waals surface area contributed by atoms with Gasteiger partial charge < -0.3 is 4.42 Å². The van der Waals surface area contributed by atoms with Crippen molar-refractivity contribution in [3.05, 3.63) is 39.9 Å². The van der Waals surface area contributed by atoms with Gasteiger partial charge in [0.1, 0.15) is 0 Å². The largest absolute Gasteiger partial charge is 0.419 e. The van der Waals surface area contributed by atoms with Crippen LogP contribution >= 0.6 is 34.4 Å². The second-order valence-electron chi connectivity index (χ2n) is 6.74. The van der Waals surface area contributed by atoms with E-state index in [0.717, 1.165) is 27.2 Å². The molecule has 0 spiro atoms. The van der Waals surface area contributed by atoms with Crippen LogP contribution in [0.25, 0.3) is 21.5 Å². The van der Waals surface area contributed by atoms with E-state index in [-0.39, 0.29) is 0 Å². The van der Waals surface area contributed by atoms with E-state index in [0.29, 0.717) is 23.6 Å². The Hall–Kier alpha value is -1.97. The first kappa shape index (κ1) is 18.1. The summed E-state index contributed by atoms with van der Waals surface area (Å²) in [4.78, 5) is 3.56. The molecule has 0 atom stereocenters. The van der Waals surface area contributed by atoms with Gasteiger partial charge in [-0.1, -0.05) is 24.8 Å². The molecule has 28 heavy (non-hydrogen) atoms. The second kappa shape index (κ2) is 7.46. The number of nitrogens with zero attached hydrogens (tertiary/aromatic N) is 5. The molecule has 1 fully saturated rings. The highest BCUT2D eigenvalue weighted by Gasteiger charge is 2.30. The number of rotatable bonds is 7. The number of thiophene rings is 2. The topological polar surface area (TPSA) is 69.6 Å². The van der Waals surface area contributed by atoms with Crippen LogP contribution in [-0.2, 0) is 12.2 Å². The fourth-order valence-electron chi connectivity index (χ4n) is 3.13. The highest BCUT2D eigenvalue weighted by molar-refractivity contribution is 7.98. The molecule has 1 aliphatic rings. The Bertz CT molecular complexity index is 1090. The molecule has 144 valence electrons. The van der Waals surface area contributed by atoms with Crippen molar-refractivity contribution in [2.45, 2.75) is 50.1 Å². The van der Waals surface area contributed by atoms with Crippen LogP contribution in [0.5, 0.6) is 0 Å². The molecule has 1 saturated carbocycles. The first-order valence-electron chi connectivity index (χ1n) is 9.26. The zero-order chi connectivity index (χ0) is 19.1. The number of hydrogen-bond acceptors (Lipinski definition) is 8.